The standard InChI is InChI=1S/C14H22/c1-2-6-10-13(9-5-1)14-11-7-3-4-8-12-14/h1,5,10,14H,2-4,6-9,11-12H2. The fourth-order valence-electron chi connectivity index (χ4n) is 2.77. The van der Waals surface area contributed by atoms with Gasteiger partial charge in [-0.1, -0.05) is 49.5 Å². The first-order valence-corrected chi connectivity index (χ1v) is 6.31. The maximum atomic E-state index is 2.52. The van der Waals surface area contributed by atoms with Crippen LogP contribution in [0.15, 0.2) is 23.8 Å². The van der Waals surface area contributed by atoms with Gasteiger partial charge in [0.25, 0.3) is 0 Å². The Labute approximate surface area is 88.1 Å². The van der Waals surface area contributed by atoms with E-state index in [0.29, 0.717) is 0 Å². The van der Waals surface area contributed by atoms with Gasteiger partial charge < -0.3 is 0 Å². The Balaban J connectivity index is 1.97. The van der Waals surface area contributed by atoms with Crippen molar-refractivity contribution in [1.29, 1.82) is 0 Å². The molecule has 0 aromatic heterocycles. The van der Waals surface area contributed by atoms with Gasteiger partial charge in [0.05, 0.1) is 0 Å². The lowest BCUT2D eigenvalue weighted by atomic mass is 9.89. The van der Waals surface area contributed by atoms with E-state index in [1.807, 2.05) is 0 Å². The molecule has 0 saturated heterocycles. The molecule has 0 heterocycles. The van der Waals surface area contributed by atoms with Crippen LogP contribution in [-0.2, 0) is 0 Å². The number of allylic oxidation sites excluding steroid dienone is 4. The van der Waals surface area contributed by atoms with Crippen molar-refractivity contribution in [2.24, 2.45) is 5.92 Å². The van der Waals surface area contributed by atoms with Gasteiger partial charge in [-0.2, -0.15) is 0 Å². The van der Waals surface area contributed by atoms with Crippen molar-refractivity contribution in [1.82, 2.24) is 0 Å². The highest BCUT2D eigenvalue weighted by atomic mass is 14.2. The van der Waals surface area contributed by atoms with Crippen LogP contribution in [0.3, 0.4) is 0 Å². The van der Waals surface area contributed by atoms with Crippen molar-refractivity contribution in [3.63, 3.8) is 0 Å². The zero-order valence-electron chi connectivity index (χ0n) is 9.17. The molecule has 0 atom stereocenters. The van der Waals surface area contributed by atoms with E-state index >= 15 is 0 Å². The maximum absolute atomic E-state index is 2.52. The summed E-state index contributed by atoms with van der Waals surface area (Å²) in [4.78, 5) is 0. The van der Waals surface area contributed by atoms with Crippen LogP contribution in [0, 0.1) is 5.92 Å². The molecule has 14 heavy (non-hydrogen) atoms. The quantitative estimate of drug-likeness (QED) is 0.418. The van der Waals surface area contributed by atoms with Crippen LogP contribution >= 0.6 is 0 Å². The average Bonchev–Trinajstić information content (AvgIpc) is 2.62. The Bertz CT molecular complexity index is 214. The summed E-state index contributed by atoms with van der Waals surface area (Å²) in [5, 5.41) is 0. The van der Waals surface area contributed by atoms with Crippen molar-refractivity contribution in [3.8, 4) is 0 Å². The summed E-state index contributed by atoms with van der Waals surface area (Å²) in [7, 11) is 0. The molecule has 1 fully saturated rings. The van der Waals surface area contributed by atoms with Crippen LogP contribution in [0.4, 0.5) is 0 Å². The molecule has 1 saturated carbocycles. The predicted molar refractivity (Wildman–Crippen MR) is 62.3 cm³/mol. The Hall–Kier alpha value is -0.520. The smallest absolute Gasteiger partial charge is 0.0136 e. The van der Waals surface area contributed by atoms with Gasteiger partial charge in [-0.15, -0.1) is 0 Å². The molecule has 2 aliphatic carbocycles. The number of hydrogen-bond donors (Lipinski definition) is 0. The highest BCUT2D eigenvalue weighted by molar-refractivity contribution is 5.14. The zero-order chi connectivity index (χ0) is 9.64. The molecule has 0 radical (unpaired) electrons. The van der Waals surface area contributed by atoms with Gasteiger partial charge >= 0.3 is 0 Å². The van der Waals surface area contributed by atoms with E-state index in [0.717, 1.165) is 5.92 Å². The highest BCUT2D eigenvalue weighted by Crippen LogP contribution is 2.31. The van der Waals surface area contributed by atoms with Crippen molar-refractivity contribution >= 4 is 0 Å². The Morgan fingerprint density at radius 1 is 0.857 bits per heavy atom. The van der Waals surface area contributed by atoms with E-state index in [9.17, 15) is 0 Å². The van der Waals surface area contributed by atoms with Gasteiger partial charge in [0.1, 0.15) is 0 Å². The van der Waals surface area contributed by atoms with Crippen LogP contribution in [0.2, 0.25) is 0 Å². The maximum Gasteiger partial charge on any atom is -0.0136 e. The first-order valence-electron chi connectivity index (χ1n) is 6.31. The largest absolute Gasteiger partial charge is 0.0879 e. The van der Waals surface area contributed by atoms with Crippen molar-refractivity contribution in [3.05, 3.63) is 23.8 Å². The second-order valence-corrected chi connectivity index (χ2v) is 4.72. The lowest BCUT2D eigenvalue weighted by Crippen LogP contribution is -2.02. The molecular formula is C14H22. The van der Waals surface area contributed by atoms with E-state index in [-0.39, 0.29) is 0 Å². The molecule has 0 amide bonds. The second kappa shape index (κ2) is 5.38. The molecule has 0 aliphatic heterocycles. The van der Waals surface area contributed by atoms with Gasteiger partial charge in [-0.3, -0.25) is 0 Å². The molecule has 0 aromatic rings. The lowest BCUT2D eigenvalue weighted by Gasteiger charge is -2.16. The number of hydrogen-bond acceptors (Lipinski definition) is 0. The Morgan fingerprint density at radius 2 is 1.64 bits per heavy atom. The summed E-state index contributed by atoms with van der Waals surface area (Å²) in [6, 6.07) is 0. The average molecular weight is 190 g/mol. The third kappa shape index (κ3) is 2.73. The highest BCUT2D eigenvalue weighted by Gasteiger charge is 2.15. The normalized spacial score (nSPS) is 25.3. The van der Waals surface area contributed by atoms with Crippen molar-refractivity contribution in [2.75, 3.05) is 0 Å². The van der Waals surface area contributed by atoms with Crippen LogP contribution in [0.25, 0.3) is 0 Å². The minimum absolute atomic E-state index is 0.931. The molecule has 78 valence electrons. The molecule has 2 aliphatic rings. The van der Waals surface area contributed by atoms with Gasteiger partial charge in [-0.25, -0.2) is 0 Å². The monoisotopic (exact) mass is 190 g/mol. The molecule has 0 bridgehead atoms. The molecule has 0 unspecified atom stereocenters. The van der Waals surface area contributed by atoms with Crippen LogP contribution in [0.5, 0.6) is 0 Å². The predicted octanol–water partition coefficient (Wildman–Crippen LogP) is 4.62. The van der Waals surface area contributed by atoms with E-state index in [4.69, 9.17) is 0 Å². The molecule has 0 N–H and O–H groups in total. The van der Waals surface area contributed by atoms with Crippen LogP contribution in [0.1, 0.15) is 57.8 Å². The fraction of sp³-hybridized carbons (Fsp3) is 0.714. The summed E-state index contributed by atoms with van der Waals surface area (Å²) in [6.45, 7) is 0. The van der Waals surface area contributed by atoms with E-state index in [1.165, 1.54) is 57.8 Å². The number of rotatable bonds is 1. The second-order valence-electron chi connectivity index (χ2n) is 4.72. The Morgan fingerprint density at radius 3 is 2.43 bits per heavy atom. The van der Waals surface area contributed by atoms with Crippen LogP contribution < -0.4 is 0 Å². The van der Waals surface area contributed by atoms with Gasteiger partial charge in [-0.05, 0) is 38.0 Å². The Kier molecular flexibility index (Phi) is 3.85. The van der Waals surface area contributed by atoms with Crippen molar-refractivity contribution in [2.45, 2.75) is 57.8 Å². The molecule has 0 heteroatoms. The summed E-state index contributed by atoms with van der Waals surface area (Å²) in [6.07, 6.45) is 19.8. The minimum Gasteiger partial charge on any atom is -0.0879 e. The van der Waals surface area contributed by atoms with Crippen LogP contribution in [-0.4, -0.2) is 0 Å². The van der Waals surface area contributed by atoms with E-state index in [1.54, 1.807) is 5.57 Å². The first kappa shape index (κ1) is 10.0. The molecule has 0 nitrogen and oxygen atoms in total. The topological polar surface area (TPSA) is 0 Å². The molecule has 0 spiro atoms. The molecule has 2 rings (SSSR count). The van der Waals surface area contributed by atoms with Gasteiger partial charge in [0.15, 0.2) is 0 Å². The fourth-order valence-corrected chi connectivity index (χ4v) is 2.77. The van der Waals surface area contributed by atoms with Gasteiger partial charge in [0, 0.05) is 0 Å². The van der Waals surface area contributed by atoms with E-state index < -0.39 is 0 Å². The lowest BCUT2D eigenvalue weighted by molar-refractivity contribution is 0.521. The third-order valence-corrected chi connectivity index (χ3v) is 3.64. The van der Waals surface area contributed by atoms with Gasteiger partial charge in [0.2, 0.25) is 0 Å². The minimum atomic E-state index is 0.931. The summed E-state index contributed by atoms with van der Waals surface area (Å²) in [5.74, 6) is 0.931. The third-order valence-electron chi connectivity index (χ3n) is 3.64. The molecule has 0 aromatic carbocycles. The summed E-state index contributed by atoms with van der Waals surface area (Å²) in [5.41, 5.74) is 1.75. The first-order chi connectivity index (χ1) is 6.97. The zero-order valence-corrected chi connectivity index (χ0v) is 9.17. The molecular weight excluding hydrogens is 168 g/mol. The van der Waals surface area contributed by atoms with E-state index in [2.05, 4.69) is 18.2 Å². The summed E-state index contributed by atoms with van der Waals surface area (Å²) >= 11 is 0. The summed E-state index contributed by atoms with van der Waals surface area (Å²) < 4.78 is 0. The SMILES string of the molecule is C1=CCC(C2CCCCCC2)=CCC1. The van der Waals surface area contributed by atoms with Crippen molar-refractivity contribution < 1.29 is 0 Å².